The molecule has 1 atom stereocenters. The number of halogens is 2. The summed E-state index contributed by atoms with van der Waals surface area (Å²) in [4.78, 5) is 10.6. The fourth-order valence-corrected chi connectivity index (χ4v) is 1.19. The third-order valence-corrected chi connectivity index (χ3v) is 2.29. The molecule has 0 radical (unpaired) electrons. The molecule has 0 fully saturated rings. The van der Waals surface area contributed by atoms with Crippen molar-refractivity contribution in [1.82, 2.24) is 0 Å². The zero-order chi connectivity index (χ0) is 11.4. The number of carbonyl (C=O) groups excluding carboxylic acids is 1. The van der Waals surface area contributed by atoms with Crippen molar-refractivity contribution in [2.24, 2.45) is 11.5 Å². The molecule has 6 heteroatoms. The maximum Gasteiger partial charge on any atom is 0.237 e. The molecule has 0 saturated heterocycles. The summed E-state index contributed by atoms with van der Waals surface area (Å²) >= 11 is 3.00. The first-order chi connectivity index (χ1) is 7.00. The van der Waals surface area contributed by atoms with Crippen LogP contribution in [0.1, 0.15) is 0 Å². The van der Waals surface area contributed by atoms with Crippen molar-refractivity contribution >= 4 is 21.8 Å². The molecule has 4 N–H and O–H groups in total. The molecule has 82 valence electrons. The van der Waals surface area contributed by atoms with Crippen LogP contribution in [0.2, 0.25) is 0 Å². The standard InChI is InChI=1S/C9H10BrFN2O2/c10-6-3-5(1-2-7(6)11)15-4-8(12)9(13)14/h1-3,8H,4,12H2,(H2,13,14). The van der Waals surface area contributed by atoms with Gasteiger partial charge in [-0.3, -0.25) is 4.79 Å². The van der Waals surface area contributed by atoms with Crippen molar-refractivity contribution in [3.63, 3.8) is 0 Å². The van der Waals surface area contributed by atoms with Gasteiger partial charge in [0, 0.05) is 0 Å². The van der Waals surface area contributed by atoms with Crippen LogP contribution in [0.5, 0.6) is 5.75 Å². The zero-order valence-electron chi connectivity index (χ0n) is 7.74. The first kappa shape index (κ1) is 11.9. The Hall–Kier alpha value is -1.14. The van der Waals surface area contributed by atoms with Gasteiger partial charge in [0.1, 0.15) is 24.2 Å². The molecule has 1 amide bonds. The van der Waals surface area contributed by atoms with Crippen molar-refractivity contribution in [1.29, 1.82) is 0 Å². The van der Waals surface area contributed by atoms with Gasteiger partial charge < -0.3 is 16.2 Å². The molecule has 4 nitrogen and oxygen atoms in total. The van der Waals surface area contributed by atoms with E-state index in [4.69, 9.17) is 16.2 Å². The van der Waals surface area contributed by atoms with Crippen molar-refractivity contribution in [2.45, 2.75) is 6.04 Å². The van der Waals surface area contributed by atoms with E-state index in [0.717, 1.165) is 0 Å². The van der Waals surface area contributed by atoms with E-state index in [-0.39, 0.29) is 16.9 Å². The Morgan fingerprint density at radius 3 is 2.80 bits per heavy atom. The van der Waals surface area contributed by atoms with Crippen LogP contribution in [-0.2, 0) is 4.79 Å². The molecule has 1 aromatic rings. The van der Waals surface area contributed by atoms with Gasteiger partial charge in [-0.1, -0.05) is 0 Å². The monoisotopic (exact) mass is 276 g/mol. The van der Waals surface area contributed by atoms with Gasteiger partial charge in [0.25, 0.3) is 0 Å². The maximum absolute atomic E-state index is 12.8. The van der Waals surface area contributed by atoms with E-state index in [1.54, 1.807) is 0 Å². The minimum atomic E-state index is -0.867. The number of hydrogen-bond donors (Lipinski definition) is 2. The van der Waals surface area contributed by atoms with Crippen molar-refractivity contribution in [3.8, 4) is 5.75 Å². The van der Waals surface area contributed by atoms with Crippen LogP contribution in [0.25, 0.3) is 0 Å². The Kier molecular flexibility index (Phi) is 4.05. The average molecular weight is 277 g/mol. The predicted molar refractivity (Wildman–Crippen MR) is 56.8 cm³/mol. The van der Waals surface area contributed by atoms with Crippen LogP contribution in [0.3, 0.4) is 0 Å². The molecule has 1 rings (SSSR count). The highest BCUT2D eigenvalue weighted by Gasteiger charge is 2.10. The summed E-state index contributed by atoms with van der Waals surface area (Å²) in [6.07, 6.45) is 0. The van der Waals surface area contributed by atoms with Gasteiger partial charge in [0.2, 0.25) is 5.91 Å². The molecule has 0 heterocycles. The van der Waals surface area contributed by atoms with E-state index < -0.39 is 11.9 Å². The Morgan fingerprint density at radius 2 is 2.27 bits per heavy atom. The fraction of sp³-hybridized carbons (Fsp3) is 0.222. The van der Waals surface area contributed by atoms with Gasteiger partial charge in [-0.05, 0) is 34.1 Å². The van der Waals surface area contributed by atoms with Gasteiger partial charge in [-0.2, -0.15) is 0 Å². The minimum Gasteiger partial charge on any atom is -0.491 e. The lowest BCUT2D eigenvalue weighted by atomic mass is 10.3. The Labute approximate surface area is 94.5 Å². The Morgan fingerprint density at radius 1 is 1.60 bits per heavy atom. The molecule has 0 aliphatic rings. The molecular formula is C9H10BrFN2O2. The molecule has 0 saturated carbocycles. The normalized spacial score (nSPS) is 12.2. The summed E-state index contributed by atoms with van der Waals surface area (Å²) in [6.45, 7) is -0.0343. The lowest BCUT2D eigenvalue weighted by Crippen LogP contribution is -2.41. The number of carbonyl (C=O) groups is 1. The summed E-state index contributed by atoms with van der Waals surface area (Å²) < 4.78 is 18.3. The molecule has 0 aromatic heterocycles. The first-order valence-corrected chi connectivity index (χ1v) is 4.92. The molecular weight excluding hydrogens is 267 g/mol. The predicted octanol–water partition coefficient (Wildman–Crippen LogP) is 0.780. The summed E-state index contributed by atoms with van der Waals surface area (Å²) in [7, 11) is 0. The molecule has 0 spiro atoms. The third-order valence-electron chi connectivity index (χ3n) is 1.69. The SMILES string of the molecule is NC(=O)C(N)COc1ccc(F)c(Br)c1. The van der Waals surface area contributed by atoms with E-state index >= 15 is 0 Å². The van der Waals surface area contributed by atoms with Crippen LogP contribution in [0.4, 0.5) is 4.39 Å². The van der Waals surface area contributed by atoms with Crippen LogP contribution in [0.15, 0.2) is 22.7 Å². The van der Waals surface area contributed by atoms with E-state index in [0.29, 0.717) is 5.75 Å². The minimum absolute atomic E-state index is 0.0343. The third kappa shape index (κ3) is 3.49. The molecule has 0 bridgehead atoms. The number of nitrogens with two attached hydrogens (primary N) is 2. The summed E-state index contributed by atoms with van der Waals surface area (Å²) in [5.41, 5.74) is 10.3. The van der Waals surface area contributed by atoms with Crippen LogP contribution in [0, 0.1) is 5.82 Å². The Bertz CT molecular complexity index is 373. The molecule has 1 unspecified atom stereocenters. The molecule has 1 aromatic carbocycles. The number of rotatable bonds is 4. The van der Waals surface area contributed by atoms with Gasteiger partial charge in [-0.25, -0.2) is 4.39 Å². The second-order valence-electron chi connectivity index (χ2n) is 2.90. The zero-order valence-corrected chi connectivity index (χ0v) is 9.33. The first-order valence-electron chi connectivity index (χ1n) is 4.13. The van der Waals surface area contributed by atoms with Gasteiger partial charge in [-0.15, -0.1) is 0 Å². The van der Waals surface area contributed by atoms with Crippen molar-refractivity contribution < 1.29 is 13.9 Å². The molecule has 0 aliphatic carbocycles. The van der Waals surface area contributed by atoms with Gasteiger partial charge in [0.15, 0.2) is 0 Å². The van der Waals surface area contributed by atoms with Crippen LogP contribution in [-0.4, -0.2) is 18.6 Å². The Balaban J connectivity index is 2.58. The number of primary amides is 1. The van der Waals surface area contributed by atoms with E-state index in [9.17, 15) is 9.18 Å². The topological polar surface area (TPSA) is 78.3 Å². The van der Waals surface area contributed by atoms with Gasteiger partial charge >= 0.3 is 0 Å². The highest BCUT2D eigenvalue weighted by molar-refractivity contribution is 9.10. The highest BCUT2D eigenvalue weighted by atomic mass is 79.9. The largest absolute Gasteiger partial charge is 0.491 e. The van der Waals surface area contributed by atoms with Crippen LogP contribution < -0.4 is 16.2 Å². The van der Waals surface area contributed by atoms with E-state index in [1.165, 1.54) is 18.2 Å². The van der Waals surface area contributed by atoms with Crippen LogP contribution >= 0.6 is 15.9 Å². The van der Waals surface area contributed by atoms with E-state index in [1.807, 2.05) is 0 Å². The highest BCUT2D eigenvalue weighted by Crippen LogP contribution is 2.21. The number of amides is 1. The lowest BCUT2D eigenvalue weighted by Gasteiger charge is -2.10. The lowest BCUT2D eigenvalue weighted by molar-refractivity contribution is -0.119. The maximum atomic E-state index is 12.8. The number of ether oxygens (including phenoxy) is 1. The van der Waals surface area contributed by atoms with E-state index in [2.05, 4.69) is 15.9 Å². The smallest absolute Gasteiger partial charge is 0.237 e. The van der Waals surface area contributed by atoms with Gasteiger partial charge in [0.05, 0.1) is 4.47 Å². The van der Waals surface area contributed by atoms with Crippen molar-refractivity contribution in [3.05, 3.63) is 28.5 Å². The average Bonchev–Trinajstić information content (AvgIpc) is 2.19. The summed E-state index contributed by atoms with van der Waals surface area (Å²) in [6, 6.07) is 3.26. The second kappa shape index (κ2) is 5.09. The summed E-state index contributed by atoms with van der Waals surface area (Å²) in [5.74, 6) is -0.613. The molecule has 15 heavy (non-hydrogen) atoms. The quantitative estimate of drug-likeness (QED) is 0.853. The second-order valence-corrected chi connectivity index (χ2v) is 3.75. The summed E-state index contributed by atoms with van der Waals surface area (Å²) in [5, 5.41) is 0. The molecule has 0 aliphatic heterocycles. The fourth-order valence-electron chi connectivity index (χ4n) is 0.835. The number of benzene rings is 1. The van der Waals surface area contributed by atoms with Crippen molar-refractivity contribution in [2.75, 3.05) is 6.61 Å². The number of hydrogen-bond acceptors (Lipinski definition) is 3.